The third-order valence-electron chi connectivity index (χ3n) is 15.2. The lowest BCUT2D eigenvalue weighted by atomic mass is 9.87. The van der Waals surface area contributed by atoms with Crippen LogP contribution in [0, 0.1) is 0 Å². The zero-order valence-electron chi connectivity index (χ0n) is 44.0. The van der Waals surface area contributed by atoms with Gasteiger partial charge in [0, 0.05) is 44.6 Å². The van der Waals surface area contributed by atoms with E-state index >= 15 is 0 Å². The van der Waals surface area contributed by atoms with Crippen molar-refractivity contribution in [3.05, 3.63) is 253 Å². The van der Waals surface area contributed by atoms with Crippen LogP contribution in [0.2, 0.25) is 0 Å². The lowest BCUT2D eigenvalue weighted by Gasteiger charge is -2.29. The molecular weight excluding hydrogens is 909 g/mol. The van der Waals surface area contributed by atoms with Gasteiger partial charge in [0.1, 0.15) is 11.2 Å². The van der Waals surface area contributed by atoms with Gasteiger partial charge in [-0.25, -0.2) is 0 Å². The van der Waals surface area contributed by atoms with Gasteiger partial charge in [-0.15, -0.1) is 0 Å². The van der Waals surface area contributed by atoms with Crippen molar-refractivity contribution in [1.82, 2.24) is 0 Å². The van der Waals surface area contributed by atoms with E-state index in [9.17, 15) is 0 Å². The molecule has 0 bridgehead atoms. The maximum absolute atomic E-state index is 6.89. The molecule has 0 saturated carbocycles. The highest BCUT2D eigenvalue weighted by molar-refractivity contribution is 6.14. The van der Waals surface area contributed by atoms with Crippen molar-refractivity contribution in [3.8, 4) is 33.4 Å². The first-order chi connectivity index (χ1) is 36.4. The van der Waals surface area contributed by atoms with Gasteiger partial charge < -0.3 is 14.2 Å². The zero-order chi connectivity index (χ0) is 51.4. The number of furan rings is 1. The van der Waals surface area contributed by atoms with Crippen LogP contribution in [0.4, 0.5) is 34.1 Å². The summed E-state index contributed by atoms with van der Waals surface area (Å²) < 4.78 is 6.89. The Morgan fingerprint density at radius 2 is 0.720 bits per heavy atom. The van der Waals surface area contributed by atoms with Crippen molar-refractivity contribution in [2.45, 2.75) is 65.7 Å². The molecule has 1 aromatic heterocycles. The monoisotopic (exact) mass is 970 g/mol. The maximum atomic E-state index is 6.89. The molecule has 11 aromatic carbocycles. The molecule has 0 aliphatic rings. The quantitative estimate of drug-likeness (QED) is 0.129. The Morgan fingerprint density at radius 1 is 0.333 bits per heavy atom. The number of hydrogen-bond donors (Lipinski definition) is 0. The molecule has 0 N–H and O–H groups in total. The molecular formula is C72H62N2O. The van der Waals surface area contributed by atoms with Crippen molar-refractivity contribution in [2.24, 2.45) is 0 Å². The van der Waals surface area contributed by atoms with E-state index in [2.05, 4.69) is 295 Å². The van der Waals surface area contributed by atoms with E-state index in [4.69, 9.17) is 4.42 Å². The molecule has 3 heteroatoms. The predicted molar refractivity (Wildman–Crippen MR) is 321 cm³/mol. The Hall–Kier alpha value is -8.66. The van der Waals surface area contributed by atoms with Crippen LogP contribution in [0.15, 0.2) is 241 Å². The lowest BCUT2D eigenvalue weighted by molar-refractivity contribution is 0.590. The summed E-state index contributed by atoms with van der Waals surface area (Å²) in [5.41, 5.74) is 19.4. The number of benzene rings is 11. The first kappa shape index (κ1) is 47.4. The summed E-state index contributed by atoms with van der Waals surface area (Å²) in [6.45, 7) is 15.8. The zero-order valence-corrected chi connectivity index (χ0v) is 44.0. The SMILES string of the molecule is CC(C)c1ccc(-c2ccccc2N(c2ccc(-c3ccccc3)cc2)c2ccc3cc4c(cc3c2)oc2cc3cc(N(c5ccc(C(C)(C)C)cc5)c5ccccc5-c5ccc(C(C)C)cc5)ccc3cc24)cc1. The smallest absolute Gasteiger partial charge is 0.136 e. The fourth-order valence-electron chi connectivity index (χ4n) is 10.8. The Morgan fingerprint density at radius 3 is 1.16 bits per heavy atom. The highest BCUT2D eigenvalue weighted by Crippen LogP contribution is 2.46. The van der Waals surface area contributed by atoms with Crippen LogP contribution in [0.3, 0.4) is 0 Å². The van der Waals surface area contributed by atoms with E-state index in [1.807, 2.05) is 0 Å². The van der Waals surface area contributed by atoms with Crippen molar-refractivity contribution >= 4 is 77.6 Å². The molecule has 0 spiro atoms. The number of rotatable bonds is 11. The topological polar surface area (TPSA) is 19.6 Å². The van der Waals surface area contributed by atoms with Gasteiger partial charge in [0.25, 0.3) is 0 Å². The van der Waals surface area contributed by atoms with Crippen LogP contribution >= 0.6 is 0 Å². The molecule has 0 unspecified atom stereocenters. The minimum absolute atomic E-state index is 0.0394. The van der Waals surface area contributed by atoms with Gasteiger partial charge >= 0.3 is 0 Å². The summed E-state index contributed by atoms with van der Waals surface area (Å²) in [5, 5.41) is 6.77. The van der Waals surface area contributed by atoms with Crippen LogP contribution in [-0.2, 0) is 5.41 Å². The molecule has 0 amide bonds. The fraction of sp³-hybridized carbons (Fsp3) is 0.139. The maximum Gasteiger partial charge on any atom is 0.136 e. The van der Waals surface area contributed by atoms with Gasteiger partial charge in [0.05, 0.1) is 11.4 Å². The van der Waals surface area contributed by atoms with Gasteiger partial charge in [0.15, 0.2) is 0 Å². The molecule has 1 heterocycles. The van der Waals surface area contributed by atoms with Gasteiger partial charge in [-0.1, -0.05) is 200 Å². The minimum Gasteiger partial charge on any atom is -0.456 e. The van der Waals surface area contributed by atoms with E-state index < -0.39 is 0 Å². The first-order valence-electron chi connectivity index (χ1n) is 26.5. The minimum atomic E-state index is 0.0394. The van der Waals surface area contributed by atoms with Crippen LogP contribution in [0.25, 0.3) is 76.9 Å². The largest absolute Gasteiger partial charge is 0.456 e. The highest BCUT2D eigenvalue weighted by Gasteiger charge is 2.22. The Bertz CT molecular complexity index is 4010. The Balaban J connectivity index is 0.958. The highest BCUT2D eigenvalue weighted by atomic mass is 16.3. The Labute approximate surface area is 442 Å². The summed E-state index contributed by atoms with van der Waals surface area (Å²) in [5.74, 6) is 0.927. The second kappa shape index (κ2) is 19.3. The predicted octanol–water partition coefficient (Wildman–Crippen LogP) is 21.4. The van der Waals surface area contributed by atoms with E-state index in [0.717, 1.165) is 77.6 Å². The van der Waals surface area contributed by atoms with Crippen molar-refractivity contribution in [3.63, 3.8) is 0 Å². The third kappa shape index (κ3) is 9.14. The molecule has 0 atom stereocenters. The van der Waals surface area contributed by atoms with Gasteiger partial charge in [-0.05, 0) is 163 Å². The Kier molecular flexibility index (Phi) is 12.2. The summed E-state index contributed by atoms with van der Waals surface area (Å²) >= 11 is 0. The molecule has 0 fully saturated rings. The van der Waals surface area contributed by atoms with E-state index in [0.29, 0.717) is 11.8 Å². The van der Waals surface area contributed by atoms with Crippen molar-refractivity contribution < 1.29 is 4.42 Å². The number of hydrogen-bond acceptors (Lipinski definition) is 3. The molecule has 12 rings (SSSR count). The van der Waals surface area contributed by atoms with Crippen LogP contribution in [-0.4, -0.2) is 0 Å². The first-order valence-corrected chi connectivity index (χ1v) is 26.5. The number of anilines is 6. The molecule has 366 valence electrons. The molecule has 75 heavy (non-hydrogen) atoms. The van der Waals surface area contributed by atoms with Crippen molar-refractivity contribution in [2.75, 3.05) is 9.80 Å². The third-order valence-corrected chi connectivity index (χ3v) is 15.2. The molecule has 0 radical (unpaired) electrons. The molecule has 12 aromatic rings. The van der Waals surface area contributed by atoms with Crippen molar-refractivity contribution in [1.29, 1.82) is 0 Å². The number of para-hydroxylation sites is 2. The van der Waals surface area contributed by atoms with Gasteiger partial charge in [-0.3, -0.25) is 0 Å². The van der Waals surface area contributed by atoms with Crippen LogP contribution < -0.4 is 9.80 Å². The van der Waals surface area contributed by atoms with Gasteiger partial charge in [0.2, 0.25) is 0 Å². The number of fused-ring (bicyclic) bond motifs is 5. The summed E-state index contributed by atoms with van der Waals surface area (Å²) in [7, 11) is 0. The summed E-state index contributed by atoms with van der Waals surface area (Å²) in [6, 6.07) is 87.1. The molecule has 0 saturated heterocycles. The normalized spacial score (nSPS) is 11.9. The van der Waals surface area contributed by atoms with Gasteiger partial charge in [-0.2, -0.15) is 0 Å². The van der Waals surface area contributed by atoms with E-state index in [1.165, 1.54) is 50.1 Å². The second-order valence-corrected chi connectivity index (χ2v) is 21.8. The molecule has 3 nitrogen and oxygen atoms in total. The fourth-order valence-corrected chi connectivity index (χ4v) is 10.8. The number of nitrogens with zero attached hydrogens (tertiary/aromatic N) is 2. The van der Waals surface area contributed by atoms with Crippen LogP contribution in [0.1, 0.15) is 77.0 Å². The van der Waals surface area contributed by atoms with E-state index in [1.54, 1.807) is 0 Å². The average Bonchev–Trinajstić information content (AvgIpc) is 3.78. The lowest BCUT2D eigenvalue weighted by Crippen LogP contribution is -2.13. The molecule has 0 aliphatic heterocycles. The molecule has 0 aliphatic carbocycles. The standard InChI is InChI=1S/C72H62N2O/c1-47(2)49-21-25-53(26-22-49)64-17-11-13-19-68(64)73(60-35-29-52(30-36-60)51-15-9-8-10-16-51)62-37-31-55-43-66-67-44-56-32-38-63(42-58(56)46-71(67)75-70(66)45-57(55)41-62)74(61-39-33-59(34-40-61)72(5,6)7)69-20-14-12-18-65(69)54-27-23-50(24-28-54)48(3)4/h8-48H,1-7H3. The van der Waals surface area contributed by atoms with E-state index in [-0.39, 0.29) is 5.41 Å². The van der Waals surface area contributed by atoms with Crippen LogP contribution in [0.5, 0.6) is 0 Å². The average molecular weight is 971 g/mol. The summed E-state index contributed by atoms with van der Waals surface area (Å²) in [4.78, 5) is 4.81. The summed E-state index contributed by atoms with van der Waals surface area (Å²) in [6.07, 6.45) is 0. The second-order valence-electron chi connectivity index (χ2n) is 21.8.